The molecule has 2 rings (SSSR count). The molecule has 0 aromatic heterocycles. The van der Waals surface area contributed by atoms with Gasteiger partial charge in [-0.2, -0.15) is 13.2 Å². The Kier molecular flexibility index (Phi) is 17.5. The number of aliphatic hydroxyl groups is 2. The number of nitrogens with zero attached hydrogens (tertiary/aromatic N) is 2. The van der Waals surface area contributed by atoms with Gasteiger partial charge in [0.2, 0.25) is 0 Å². The highest BCUT2D eigenvalue weighted by Gasteiger charge is 2.39. The number of rotatable bonds is 22. The van der Waals surface area contributed by atoms with E-state index in [0.29, 0.717) is 19.3 Å². The molecule has 0 spiro atoms. The van der Waals surface area contributed by atoms with Crippen molar-refractivity contribution in [2.45, 2.75) is 102 Å². The topological polar surface area (TPSA) is 207 Å². The number of halogens is 3. The first kappa shape index (κ1) is 41.7. The highest BCUT2D eigenvalue weighted by Crippen LogP contribution is 2.36. The fourth-order valence-electron chi connectivity index (χ4n) is 5.22. The van der Waals surface area contributed by atoms with Crippen molar-refractivity contribution in [2.75, 3.05) is 13.2 Å². The van der Waals surface area contributed by atoms with Gasteiger partial charge < -0.3 is 34.1 Å². The Labute approximate surface area is 286 Å². The number of esters is 2. The van der Waals surface area contributed by atoms with Gasteiger partial charge in [0.1, 0.15) is 25.1 Å². The van der Waals surface area contributed by atoms with Crippen LogP contribution in [0.25, 0.3) is 0 Å². The van der Waals surface area contributed by atoms with Crippen LogP contribution in [-0.4, -0.2) is 76.1 Å². The average Bonchev–Trinajstić information content (AvgIpc) is 3.28. The van der Waals surface area contributed by atoms with Crippen molar-refractivity contribution >= 4 is 11.9 Å². The Balaban J connectivity index is 2.10. The highest BCUT2D eigenvalue weighted by atomic mass is 19.4. The SMILES string of the molecule is CC(C)OC(=O)CCC/C=C\C[C@@H]1[C@@H](/C=C/[C@H](COc2cccc(C(F)(F)F)c2)OC(=O)CCCC(CO[N+](=O)[O-])O[N+](=O)[O-])[C@H](O)C[C@@H]1O. The van der Waals surface area contributed by atoms with Gasteiger partial charge in [-0.25, -0.2) is 0 Å². The number of carbonyl (C=O) groups excluding carboxylic acids is 2. The molecule has 0 bridgehead atoms. The van der Waals surface area contributed by atoms with E-state index in [9.17, 15) is 53.2 Å². The zero-order valence-corrected chi connectivity index (χ0v) is 27.6. The lowest BCUT2D eigenvalue weighted by atomic mass is 9.89. The predicted octanol–water partition coefficient (Wildman–Crippen LogP) is 4.93. The number of aliphatic hydroxyl groups excluding tert-OH is 2. The molecule has 0 radical (unpaired) electrons. The van der Waals surface area contributed by atoms with E-state index in [1.165, 1.54) is 12.1 Å². The molecule has 2 N–H and O–H groups in total. The number of unbranched alkanes of at least 4 members (excludes halogenated alkanes) is 1. The van der Waals surface area contributed by atoms with Gasteiger partial charge in [-0.05, 0) is 76.1 Å². The van der Waals surface area contributed by atoms with Crippen LogP contribution in [-0.2, 0) is 34.9 Å². The lowest BCUT2D eigenvalue weighted by Gasteiger charge is -2.21. The monoisotopic (exact) mass is 720 g/mol. The van der Waals surface area contributed by atoms with Crippen molar-refractivity contribution < 1.29 is 67.0 Å². The Morgan fingerprint density at radius 3 is 2.36 bits per heavy atom. The molecule has 280 valence electrons. The first-order chi connectivity index (χ1) is 23.5. The Morgan fingerprint density at radius 1 is 1.00 bits per heavy atom. The average molecular weight is 721 g/mol. The number of ether oxygens (including phenoxy) is 3. The lowest BCUT2D eigenvalue weighted by Crippen LogP contribution is -2.26. The van der Waals surface area contributed by atoms with Crippen LogP contribution in [0.15, 0.2) is 48.6 Å². The quantitative estimate of drug-likeness (QED) is 0.0536. The van der Waals surface area contributed by atoms with Crippen molar-refractivity contribution in [3.63, 3.8) is 0 Å². The molecule has 0 aliphatic heterocycles. The number of carbonyl (C=O) groups is 2. The fourth-order valence-corrected chi connectivity index (χ4v) is 5.22. The molecule has 0 heterocycles. The van der Waals surface area contributed by atoms with E-state index >= 15 is 0 Å². The van der Waals surface area contributed by atoms with E-state index in [1.807, 2.05) is 12.2 Å². The molecule has 1 fully saturated rings. The highest BCUT2D eigenvalue weighted by molar-refractivity contribution is 5.70. The number of benzene rings is 1. The van der Waals surface area contributed by atoms with Crippen LogP contribution in [0.3, 0.4) is 0 Å². The molecule has 50 heavy (non-hydrogen) atoms. The predicted molar refractivity (Wildman–Crippen MR) is 167 cm³/mol. The molecule has 0 amide bonds. The van der Waals surface area contributed by atoms with Gasteiger partial charge in [0.05, 0.1) is 23.9 Å². The third kappa shape index (κ3) is 16.3. The van der Waals surface area contributed by atoms with Crippen LogP contribution < -0.4 is 4.74 Å². The summed E-state index contributed by atoms with van der Waals surface area (Å²) in [7, 11) is 0. The van der Waals surface area contributed by atoms with Crippen LogP contribution in [0.4, 0.5) is 13.2 Å². The number of alkyl halides is 3. The minimum atomic E-state index is -4.63. The maximum Gasteiger partial charge on any atom is 0.416 e. The van der Waals surface area contributed by atoms with Gasteiger partial charge in [0, 0.05) is 25.2 Å². The summed E-state index contributed by atoms with van der Waals surface area (Å²) in [5.41, 5.74) is -0.957. The molecular formula is C32H43F3N2O13. The van der Waals surface area contributed by atoms with E-state index < -0.39 is 77.3 Å². The van der Waals surface area contributed by atoms with Crippen molar-refractivity contribution in [3.05, 3.63) is 74.4 Å². The molecule has 1 aromatic rings. The normalized spacial score (nSPS) is 20.5. The first-order valence-electron chi connectivity index (χ1n) is 16.0. The van der Waals surface area contributed by atoms with Gasteiger partial charge in [0.25, 0.3) is 10.2 Å². The molecule has 1 saturated carbocycles. The molecule has 1 aromatic carbocycles. The van der Waals surface area contributed by atoms with Gasteiger partial charge >= 0.3 is 18.1 Å². The van der Waals surface area contributed by atoms with E-state index in [0.717, 1.165) is 18.2 Å². The van der Waals surface area contributed by atoms with Crippen LogP contribution >= 0.6 is 0 Å². The smallest absolute Gasteiger partial charge is 0.416 e. The summed E-state index contributed by atoms with van der Waals surface area (Å²) in [6, 6.07) is 4.07. The second kappa shape index (κ2) is 20.9. The second-order valence-corrected chi connectivity index (χ2v) is 11.9. The molecule has 18 heteroatoms. The van der Waals surface area contributed by atoms with Crippen molar-refractivity contribution in [2.24, 2.45) is 11.8 Å². The van der Waals surface area contributed by atoms with Crippen LogP contribution in [0.5, 0.6) is 5.75 Å². The molecular weight excluding hydrogens is 677 g/mol. The summed E-state index contributed by atoms with van der Waals surface area (Å²) in [5, 5.41) is 40.1. The minimum Gasteiger partial charge on any atom is -0.489 e. The number of hydrogen-bond acceptors (Lipinski definition) is 13. The van der Waals surface area contributed by atoms with Gasteiger partial charge in [-0.3, -0.25) is 9.59 Å². The fraction of sp³-hybridized carbons (Fsp3) is 0.625. The van der Waals surface area contributed by atoms with Gasteiger partial charge in [-0.1, -0.05) is 24.3 Å². The van der Waals surface area contributed by atoms with Crippen molar-refractivity contribution in [1.29, 1.82) is 0 Å². The summed E-state index contributed by atoms with van der Waals surface area (Å²) in [5.74, 6) is -2.30. The van der Waals surface area contributed by atoms with E-state index in [1.54, 1.807) is 19.9 Å². The number of hydrogen-bond donors (Lipinski definition) is 2. The van der Waals surface area contributed by atoms with E-state index in [4.69, 9.17) is 14.2 Å². The molecule has 0 saturated heterocycles. The first-order valence-corrected chi connectivity index (χ1v) is 16.0. The third-order valence-electron chi connectivity index (χ3n) is 7.52. The molecule has 1 unspecified atom stereocenters. The molecule has 1 aliphatic carbocycles. The standard InChI is InChI=1S/C32H43F3N2O13/c1-21(2)48-30(40)13-6-4-3-5-12-26-27(29(39)18-28(26)38)16-15-24(19-46-23-10-7-9-22(17-23)32(33,34)35)49-31(41)14-8-11-25(50-37(44)45)20-47-36(42)43/h3,5,7,9-10,15-17,21,24-29,38-39H,4,6,8,11-14,18-20H2,1-2H3/b5-3-,16-15+/t24-,25?,26-,27-,28+,29-/m1/s1. The summed E-state index contributed by atoms with van der Waals surface area (Å²) in [6.45, 7) is 2.34. The van der Waals surface area contributed by atoms with Gasteiger partial charge in [-0.15, -0.1) is 20.2 Å². The summed E-state index contributed by atoms with van der Waals surface area (Å²) < 4.78 is 55.7. The molecule has 6 atom stereocenters. The largest absolute Gasteiger partial charge is 0.489 e. The Hall–Kier alpha value is -4.45. The van der Waals surface area contributed by atoms with Gasteiger partial charge in [0.15, 0.2) is 6.10 Å². The van der Waals surface area contributed by atoms with Crippen LogP contribution in [0.1, 0.15) is 70.8 Å². The van der Waals surface area contributed by atoms with E-state index in [2.05, 4.69) is 9.68 Å². The van der Waals surface area contributed by atoms with Crippen LogP contribution in [0.2, 0.25) is 0 Å². The maximum atomic E-state index is 13.2. The van der Waals surface area contributed by atoms with Crippen molar-refractivity contribution in [1.82, 2.24) is 0 Å². The van der Waals surface area contributed by atoms with Crippen molar-refractivity contribution in [3.8, 4) is 5.75 Å². The molecule has 15 nitrogen and oxygen atoms in total. The minimum absolute atomic E-state index is 0.0653. The summed E-state index contributed by atoms with van der Waals surface area (Å²) in [4.78, 5) is 54.0. The van der Waals surface area contributed by atoms with Crippen LogP contribution in [0, 0.1) is 32.1 Å². The Morgan fingerprint density at radius 2 is 1.70 bits per heavy atom. The maximum absolute atomic E-state index is 13.2. The summed E-state index contributed by atoms with van der Waals surface area (Å²) in [6.07, 6.45) is -1.23. The third-order valence-corrected chi connectivity index (χ3v) is 7.52. The lowest BCUT2D eigenvalue weighted by molar-refractivity contribution is -0.790. The van der Waals surface area contributed by atoms with E-state index in [-0.39, 0.29) is 49.9 Å². The number of allylic oxidation sites excluding steroid dienone is 2. The molecule has 1 aliphatic rings. The second-order valence-electron chi connectivity index (χ2n) is 11.9. The summed E-state index contributed by atoms with van der Waals surface area (Å²) >= 11 is 0. The zero-order valence-electron chi connectivity index (χ0n) is 27.6. The zero-order chi connectivity index (χ0) is 37.3. The Bertz CT molecular complexity index is 1310.